The number of rotatable bonds is 5. The molecule has 1 fully saturated rings. The number of piperazine rings is 1. The molecule has 0 saturated carbocycles. The molecule has 0 N–H and O–H groups in total. The monoisotopic (exact) mass is 390 g/mol. The van der Waals surface area contributed by atoms with Crippen molar-refractivity contribution >= 4 is 5.91 Å². The molecule has 2 aromatic carbocycles. The highest BCUT2D eigenvalue weighted by molar-refractivity contribution is 5.95. The molecule has 0 unspecified atom stereocenters. The Morgan fingerprint density at radius 3 is 2.48 bits per heavy atom. The van der Waals surface area contributed by atoms with Crippen LogP contribution in [-0.2, 0) is 6.54 Å². The van der Waals surface area contributed by atoms with Gasteiger partial charge in [-0.2, -0.15) is 0 Å². The number of carbonyl (C=O) groups excluding carboxylic acids is 1. The van der Waals surface area contributed by atoms with Crippen LogP contribution in [0.5, 0.6) is 0 Å². The molecule has 0 bridgehead atoms. The fourth-order valence-corrected chi connectivity index (χ4v) is 3.66. The highest BCUT2D eigenvalue weighted by Gasteiger charge is 2.23. The van der Waals surface area contributed by atoms with Gasteiger partial charge >= 0.3 is 0 Å². The summed E-state index contributed by atoms with van der Waals surface area (Å²) in [7, 11) is 0. The van der Waals surface area contributed by atoms with Gasteiger partial charge in [-0.15, -0.1) is 5.10 Å². The van der Waals surface area contributed by atoms with Crippen molar-refractivity contribution in [3.05, 3.63) is 65.7 Å². The van der Waals surface area contributed by atoms with Crippen LogP contribution in [0.3, 0.4) is 0 Å². The molecule has 0 spiro atoms. The van der Waals surface area contributed by atoms with Crippen LogP contribution in [0.1, 0.15) is 35.8 Å². The molecule has 7 nitrogen and oxygen atoms in total. The first kappa shape index (κ1) is 19.3. The molecule has 7 heteroatoms. The number of hydrogen-bond acceptors (Lipinski definition) is 5. The molecule has 1 aliphatic rings. The summed E-state index contributed by atoms with van der Waals surface area (Å²) in [6, 6.07) is 18.2. The Morgan fingerprint density at radius 1 is 1.00 bits per heavy atom. The Hall–Kier alpha value is -3.06. The maximum atomic E-state index is 13.1. The van der Waals surface area contributed by atoms with E-state index in [1.807, 2.05) is 49.1 Å². The lowest BCUT2D eigenvalue weighted by Gasteiger charge is -2.34. The van der Waals surface area contributed by atoms with Crippen LogP contribution in [0.25, 0.3) is 11.4 Å². The largest absolute Gasteiger partial charge is 0.336 e. The van der Waals surface area contributed by atoms with Crippen LogP contribution < -0.4 is 0 Å². The zero-order valence-corrected chi connectivity index (χ0v) is 16.9. The van der Waals surface area contributed by atoms with Crippen LogP contribution in [0, 0.1) is 0 Å². The van der Waals surface area contributed by atoms with Gasteiger partial charge in [0.25, 0.3) is 5.91 Å². The molecule has 3 aromatic rings. The van der Waals surface area contributed by atoms with E-state index in [-0.39, 0.29) is 11.9 Å². The van der Waals surface area contributed by atoms with E-state index in [9.17, 15) is 4.79 Å². The van der Waals surface area contributed by atoms with E-state index >= 15 is 0 Å². The summed E-state index contributed by atoms with van der Waals surface area (Å²) in [5.74, 6) is 0.747. The van der Waals surface area contributed by atoms with Gasteiger partial charge in [0, 0.05) is 43.9 Å². The van der Waals surface area contributed by atoms with Gasteiger partial charge in [-0.3, -0.25) is 9.69 Å². The van der Waals surface area contributed by atoms with Crippen LogP contribution >= 0.6 is 0 Å². The fraction of sp³-hybridized carbons (Fsp3) is 0.364. The first-order valence-electron chi connectivity index (χ1n) is 10.1. The number of hydrogen-bond donors (Lipinski definition) is 0. The first-order chi connectivity index (χ1) is 14.1. The normalized spacial score (nSPS) is 15.1. The summed E-state index contributed by atoms with van der Waals surface area (Å²) in [6.45, 7) is 8.22. The summed E-state index contributed by atoms with van der Waals surface area (Å²) in [5.41, 5.74) is 2.84. The lowest BCUT2D eigenvalue weighted by Crippen LogP contribution is -2.48. The van der Waals surface area contributed by atoms with Crippen LogP contribution in [-0.4, -0.2) is 62.1 Å². The van der Waals surface area contributed by atoms with Gasteiger partial charge in [-0.25, -0.2) is 4.68 Å². The zero-order chi connectivity index (χ0) is 20.2. The highest BCUT2D eigenvalue weighted by Crippen LogP contribution is 2.21. The van der Waals surface area contributed by atoms with E-state index < -0.39 is 0 Å². The molecule has 0 aliphatic carbocycles. The molecule has 1 aliphatic heterocycles. The van der Waals surface area contributed by atoms with Crippen molar-refractivity contribution in [3.63, 3.8) is 0 Å². The SMILES string of the molecule is CC(C)n1nnnc1-c1cccc(C(=O)N2CCN(Cc3ccccc3)CC2)c1. The smallest absolute Gasteiger partial charge is 0.253 e. The quantitative estimate of drug-likeness (QED) is 0.670. The molecule has 1 amide bonds. The van der Waals surface area contributed by atoms with Gasteiger partial charge in [-0.05, 0) is 42.0 Å². The average molecular weight is 390 g/mol. The second kappa shape index (κ2) is 8.53. The average Bonchev–Trinajstić information content (AvgIpc) is 3.25. The minimum absolute atomic E-state index is 0.0646. The molecular weight excluding hydrogens is 364 g/mol. The number of benzene rings is 2. The lowest BCUT2D eigenvalue weighted by molar-refractivity contribution is 0.0628. The summed E-state index contributed by atoms with van der Waals surface area (Å²) >= 11 is 0. The van der Waals surface area contributed by atoms with Gasteiger partial charge in [0.1, 0.15) is 0 Å². The van der Waals surface area contributed by atoms with Crippen molar-refractivity contribution in [1.82, 2.24) is 30.0 Å². The van der Waals surface area contributed by atoms with E-state index in [1.54, 1.807) is 4.68 Å². The minimum atomic E-state index is 0.0646. The standard InChI is InChI=1S/C22H26N6O/c1-17(2)28-21(23-24-25-28)19-9-6-10-20(15-19)22(29)27-13-11-26(12-14-27)16-18-7-4-3-5-8-18/h3-10,15,17H,11-14,16H2,1-2H3. The Bertz CT molecular complexity index is 960. The van der Waals surface area contributed by atoms with E-state index in [2.05, 4.69) is 44.7 Å². The molecule has 4 rings (SSSR count). The highest BCUT2D eigenvalue weighted by atomic mass is 16.2. The van der Waals surface area contributed by atoms with Crippen molar-refractivity contribution in [1.29, 1.82) is 0 Å². The maximum absolute atomic E-state index is 13.1. The summed E-state index contributed by atoms with van der Waals surface area (Å²) in [6.07, 6.45) is 0. The van der Waals surface area contributed by atoms with E-state index in [0.717, 1.165) is 38.3 Å². The van der Waals surface area contributed by atoms with E-state index in [0.29, 0.717) is 11.4 Å². The fourth-order valence-electron chi connectivity index (χ4n) is 3.66. The van der Waals surface area contributed by atoms with Crippen molar-refractivity contribution in [2.75, 3.05) is 26.2 Å². The third-order valence-electron chi connectivity index (χ3n) is 5.26. The second-order valence-electron chi connectivity index (χ2n) is 7.68. The van der Waals surface area contributed by atoms with Crippen molar-refractivity contribution in [3.8, 4) is 11.4 Å². The number of tetrazole rings is 1. The van der Waals surface area contributed by atoms with E-state index in [4.69, 9.17) is 0 Å². The Labute approximate surface area is 170 Å². The Balaban J connectivity index is 1.42. The lowest BCUT2D eigenvalue weighted by atomic mass is 10.1. The molecule has 0 radical (unpaired) electrons. The molecule has 1 saturated heterocycles. The zero-order valence-electron chi connectivity index (χ0n) is 16.9. The van der Waals surface area contributed by atoms with Gasteiger partial charge in [0.2, 0.25) is 0 Å². The Morgan fingerprint density at radius 2 is 1.76 bits per heavy atom. The van der Waals surface area contributed by atoms with Gasteiger partial charge in [-0.1, -0.05) is 42.5 Å². The second-order valence-corrected chi connectivity index (χ2v) is 7.68. The third kappa shape index (κ3) is 4.35. The van der Waals surface area contributed by atoms with Crippen molar-refractivity contribution in [2.24, 2.45) is 0 Å². The maximum Gasteiger partial charge on any atom is 0.253 e. The predicted octanol–water partition coefficient (Wildman–Crippen LogP) is 2.88. The molecular formula is C22H26N6O. The summed E-state index contributed by atoms with van der Waals surface area (Å²) in [5, 5.41) is 12.0. The molecule has 150 valence electrons. The van der Waals surface area contributed by atoms with Crippen molar-refractivity contribution < 1.29 is 4.79 Å². The molecule has 0 atom stereocenters. The third-order valence-corrected chi connectivity index (χ3v) is 5.26. The molecule has 2 heterocycles. The molecule has 29 heavy (non-hydrogen) atoms. The van der Waals surface area contributed by atoms with Crippen LogP contribution in [0.4, 0.5) is 0 Å². The predicted molar refractivity (Wildman–Crippen MR) is 111 cm³/mol. The van der Waals surface area contributed by atoms with Crippen LogP contribution in [0.2, 0.25) is 0 Å². The number of carbonyl (C=O) groups is 1. The number of amides is 1. The summed E-state index contributed by atoms with van der Waals surface area (Å²) < 4.78 is 1.77. The minimum Gasteiger partial charge on any atom is -0.336 e. The molecule has 1 aromatic heterocycles. The first-order valence-corrected chi connectivity index (χ1v) is 10.1. The summed E-state index contributed by atoms with van der Waals surface area (Å²) in [4.78, 5) is 17.4. The number of nitrogens with zero attached hydrogens (tertiary/aromatic N) is 6. The van der Waals surface area contributed by atoms with Crippen molar-refractivity contribution in [2.45, 2.75) is 26.4 Å². The topological polar surface area (TPSA) is 67.2 Å². The van der Waals surface area contributed by atoms with Gasteiger partial charge in [0.05, 0.1) is 6.04 Å². The van der Waals surface area contributed by atoms with Crippen LogP contribution in [0.15, 0.2) is 54.6 Å². The van der Waals surface area contributed by atoms with Gasteiger partial charge in [0.15, 0.2) is 5.82 Å². The number of aromatic nitrogens is 4. The Kier molecular flexibility index (Phi) is 5.67. The van der Waals surface area contributed by atoms with Gasteiger partial charge < -0.3 is 4.90 Å². The van der Waals surface area contributed by atoms with E-state index in [1.165, 1.54) is 5.56 Å².